The minimum atomic E-state index is -0.218. The Hall–Kier alpha value is -2.15. The molecule has 6 nitrogen and oxygen atoms in total. The van der Waals surface area contributed by atoms with Crippen molar-refractivity contribution in [3.8, 4) is 0 Å². The summed E-state index contributed by atoms with van der Waals surface area (Å²) in [5, 5.41) is 3.61. The number of nitrogens with one attached hydrogen (secondary N) is 1. The summed E-state index contributed by atoms with van der Waals surface area (Å²) in [6, 6.07) is 3.61. The third kappa shape index (κ3) is 3.05. The summed E-state index contributed by atoms with van der Waals surface area (Å²) in [5.74, 6) is 0.0408. The van der Waals surface area contributed by atoms with Crippen LogP contribution >= 0.6 is 11.3 Å². The van der Waals surface area contributed by atoms with Crippen LogP contribution in [0.1, 0.15) is 28.2 Å². The molecule has 2 aromatic rings. The van der Waals surface area contributed by atoms with Gasteiger partial charge in [-0.2, -0.15) is 0 Å². The Kier molecular flexibility index (Phi) is 4.19. The first-order valence-corrected chi connectivity index (χ1v) is 6.95. The molecule has 0 saturated heterocycles. The number of amides is 1. The quantitative estimate of drug-likeness (QED) is 0.895. The van der Waals surface area contributed by atoms with Crippen molar-refractivity contribution in [3.63, 3.8) is 0 Å². The maximum absolute atomic E-state index is 12.2. The Labute approximate surface area is 121 Å². The molecular weight excluding hydrogens is 274 g/mol. The van der Waals surface area contributed by atoms with Crippen molar-refractivity contribution >= 4 is 28.2 Å². The van der Waals surface area contributed by atoms with E-state index in [-0.39, 0.29) is 17.8 Å². The summed E-state index contributed by atoms with van der Waals surface area (Å²) >= 11 is 1.28. The summed E-state index contributed by atoms with van der Waals surface area (Å²) in [6.07, 6.45) is 3.43. The topological polar surface area (TPSA) is 84.1 Å². The van der Waals surface area contributed by atoms with Gasteiger partial charge in [-0.3, -0.25) is 9.78 Å². The van der Waals surface area contributed by atoms with E-state index < -0.39 is 0 Å². The number of carbonyl (C=O) groups excluding carboxylic acids is 1. The number of carbonyl (C=O) groups is 1. The Morgan fingerprint density at radius 3 is 2.80 bits per heavy atom. The zero-order valence-electron chi connectivity index (χ0n) is 11.6. The average Bonchev–Trinajstić information content (AvgIpc) is 2.82. The number of nitrogens with two attached hydrogens (primary N) is 1. The largest absolute Gasteiger partial charge is 0.382 e. The standard InChI is InChI=1S/C13H17N5OS/c1-8(9-5-4-6-15-7-9)16-12(19)10-11(14)17-13(20-10)18(2)3/h4-8H,14H2,1-3H3,(H,16,19). The predicted octanol–water partition coefficient (Wildman–Crippen LogP) is 1.68. The smallest absolute Gasteiger partial charge is 0.265 e. The third-order valence-corrected chi connectivity index (χ3v) is 4.00. The van der Waals surface area contributed by atoms with Crippen LogP contribution in [-0.4, -0.2) is 30.0 Å². The number of hydrogen-bond acceptors (Lipinski definition) is 6. The lowest BCUT2D eigenvalue weighted by molar-refractivity contribution is 0.0944. The van der Waals surface area contributed by atoms with Crippen molar-refractivity contribution in [2.24, 2.45) is 0 Å². The Balaban J connectivity index is 2.12. The SMILES string of the molecule is CC(NC(=O)c1sc(N(C)C)nc1N)c1cccnc1. The highest BCUT2D eigenvalue weighted by Gasteiger charge is 2.19. The van der Waals surface area contributed by atoms with Gasteiger partial charge in [-0.05, 0) is 18.6 Å². The van der Waals surface area contributed by atoms with E-state index in [1.54, 1.807) is 12.4 Å². The van der Waals surface area contributed by atoms with Gasteiger partial charge in [0.2, 0.25) is 0 Å². The van der Waals surface area contributed by atoms with Gasteiger partial charge in [-0.1, -0.05) is 17.4 Å². The molecule has 1 atom stereocenters. The van der Waals surface area contributed by atoms with Gasteiger partial charge in [0.05, 0.1) is 6.04 Å². The minimum Gasteiger partial charge on any atom is -0.382 e. The molecule has 20 heavy (non-hydrogen) atoms. The van der Waals surface area contributed by atoms with Crippen LogP contribution in [0.3, 0.4) is 0 Å². The summed E-state index contributed by atoms with van der Waals surface area (Å²) in [6.45, 7) is 1.90. The second kappa shape index (κ2) is 5.87. The van der Waals surface area contributed by atoms with Crippen LogP contribution in [0.25, 0.3) is 0 Å². The van der Waals surface area contributed by atoms with Crippen LogP contribution in [0, 0.1) is 0 Å². The molecule has 2 heterocycles. The average molecular weight is 291 g/mol. The van der Waals surface area contributed by atoms with Gasteiger partial charge in [0, 0.05) is 26.5 Å². The number of hydrogen-bond donors (Lipinski definition) is 2. The van der Waals surface area contributed by atoms with Crippen molar-refractivity contribution in [2.45, 2.75) is 13.0 Å². The first kappa shape index (κ1) is 14.3. The van der Waals surface area contributed by atoms with E-state index in [4.69, 9.17) is 5.73 Å². The number of rotatable bonds is 4. The van der Waals surface area contributed by atoms with Crippen LogP contribution in [0.2, 0.25) is 0 Å². The molecule has 0 bridgehead atoms. The molecule has 0 aromatic carbocycles. The van der Waals surface area contributed by atoms with Crippen LogP contribution < -0.4 is 16.0 Å². The van der Waals surface area contributed by atoms with Crippen molar-refractivity contribution in [1.29, 1.82) is 0 Å². The highest BCUT2D eigenvalue weighted by Crippen LogP contribution is 2.27. The molecular formula is C13H17N5OS. The van der Waals surface area contributed by atoms with E-state index in [2.05, 4.69) is 15.3 Å². The molecule has 0 saturated carbocycles. The van der Waals surface area contributed by atoms with Gasteiger partial charge in [-0.25, -0.2) is 4.98 Å². The van der Waals surface area contributed by atoms with E-state index in [9.17, 15) is 4.79 Å². The van der Waals surface area contributed by atoms with E-state index in [0.717, 1.165) is 5.56 Å². The number of thiazole rings is 1. The second-order valence-electron chi connectivity index (χ2n) is 4.59. The molecule has 0 fully saturated rings. The zero-order chi connectivity index (χ0) is 14.7. The number of anilines is 2. The number of pyridine rings is 1. The van der Waals surface area contributed by atoms with Gasteiger partial charge >= 0.3 is 0 Å². The number of nitrogens with zero attached hydrogens (tertiary/aromatic N) is 3. The molecule has 0 aliphatic rings. The molecule has 2 aromatic heterocycles. The summed E-state index contributed by atoms with van der Waals surface area (Å²) in [7, 11) is 3.72. The van der Waals surface area contributed by atoms with E-state index in [1.807, 2.05) is 38.1 Å². The molecule has 2 rings (SSSR count). The van der Waals surface area contributed by atoms with Crippen LogP contribution in [-0.2, 0) is 0 Å². The Morgan fingerprint density at radius 1 is 1.50 bits per heavy atom. The van der Waals surface area contributed by atoms with E-state index in [0.29, 0.717) is 10.0 Å². The van der Waals surface area contributed by atoms with Gasteiger partial charge in [0.25, 0.3) is 5.91 Å². The maximum Gasteiger partial charge on any atom is 0.265 e. The molecule has 1 unspecified atom stereocenters. The fourth-order valence-electron chi connectivity index (χ4n) is 1.65. The fraction of sp³-hybridized carbons (Fsp3) is 0.308. The van der Waals surface area contributed by atoms with Crippen LogP contribution in [0.5, 0.6) is 0 Å². The highest BCUT2D eigenvalue weighted by molar-refractivity contribution is 7.18. The van der Waals surface area contributed by atoms with Gasteiger partial charge < -0.3 is 16.0 Å². The molecule has 0 radical (unpaired) electrons. The van der Waals surface area contributed by atoms with Crippen LogP contribution in [0.4, 0.5) is 10.9 Å². The monoisotopic (exact) mass is 291 g/mol. The summed E-state index contributed by atoms with van der Waals surface area (Å²) < 4.78 is 0. The molecule has 106 valence electrons. The predicted molar refractivity (Wildman–Crippen MR) is 81.0 cm³/mol. The van der Waals surface area contributed by atoms with E-state index in [1.165, 1.54) is 11.3 Å². The fourth-order valence-corrected chi connectivity index (χ4v) is 2.46. The van der Waals surface area contributed by atoms with Crippen molar-refractivity contribution in [3.05, 3.63) is 35.0 Å². The molecule has 0 aliphatic carbocycles. The number of aromatic nitrogens is 2. The summed E-state index contributed by atoms with van der Waals surface area (Å²) in [5.41, 5.74) is 6.74. The Bertz CT molecular complexity index is 596. The molecule has 1 amide bonds. The van der Waals surface area contributed by atoms with Gasteiger partial charge in [0.1, 0.15) is 10.7 Å². The third-order valence-electron chi connectivity index (χ3n) is 2.76. The lowest BCUT2D eigenvalue weighted by Crippen LogP contribution is -2.26. The first-order valence-electron chi connectivity index (χ1n) is 6.13. The highest BCUT2D eigenvalue weighted by atomic mass is 32.1. The minimum absolute atomic E-state index is 0.138. The zero-order valence-corrected chi connectivity index (χ0v) is 12.4. The normalized spacial score (nSPS) is 11.9. The molecule has 0 spiro atoms. The lowest BCUT2D eigenvalue weighted by atomic mass is 10.1. The second-order valence-corrected chi connectivity index (χ2v) is 5.56. The molecule has 7 heteroatoms. The van der Waals surface area contributed by atoms with E-state index >= 15 is 0 Å². The Morgan fingerprint density at radius 2 is 2.25 bits per heavy atom. The molecule has 0 aliphatic heterocycles. The van der Waals surface area contributed by atoms with Crippen molar-refractivity contribution in [2.75, 3.05) is 24.7 Å². The maximum atomic E-state index is 12.2. The van der Waals surface area contributed by atoms with Gasteiger partial charge in [0.15, 0.2) is 5.13 Å². The van der Waals surface area contributed by atoms with Crippen molar-refractivity contribution in [1.82, 2.24) is 15.3 Å². The summed E-state index contributed by atoms with van der Waals surface area (Å²) in [4.78, 5) is 22.7. The lowest BCUT2D eigenvalue weighted by Gasteiger charge is -2.13. The number of nitrogen functional groups attached to an aromatic ring is 1. The first-order chi connectivity index (χ1) is 9.49. The van der Waals surface area contributed by atoms with Crippen LogP contribution in [0.15, 0.2) is 24.5 Å². The van der Waals surface area contributed by atoms with Gasteiger partial charge in [-0.15, -0.1) is 0 Å². The molecule has 3 N–H and O–H groups in total. The van der Waals surface area contributed by atoms with Crippen molar-refractivity contribution < 1.29 is 4.79 Å².